The van der Waals surface area contributed by atoms with Crippen molar-refractivity contribution in [1.82, 2.24) is 0 Å². The summed E-state index contributed by atoms with van der Waals surface area (Å²) in [7, 11) is 0. The molecule has 28 heavy (non-hydrogen) atoms. The van der Waals surface area contributed by atoms with E-state index < -0.39 is 36.2 Å². The zero-order chi connectivity index (χ0) is 19.6. The maximum atomic E-state index is 11.8. The van der Waals surface area contributed by atoms with Gasteiger partial charge in [0.1, 0.15) is 18.3 Å². The van der Waals surface area contributed by atoms with Crippen LogP contribution in [0, 0.1) is 11.3 Å². The number of hydrogen-bond acceptors (Lipinski definition) is 6. The van der Waals surface area contributed by atoms with Crippen LogP contribution in [0.25, 0.3) is 0 Å². The molecule has 0 radical (unpaired) electrons. The molecule has 0 unspecified atom stereocenters. The first kappa shape index (κ1) is 19.1. The molecule has 1 saturated heterocycles. The van der Waals surface area contributed by atoms with Crippen molar-refractivity contribution in [3.05, 3.63) is 47.5 Å². The third-order valence-corrected chi connectivity index (χ3v) is 5.62. The molecule has 1 spiro atoms. The predicted octanol–water partition coefficient (Wildman–Crippen LogP) is 3.41. The summed E-state index contributed by atoms with van der Waals surface area (Å²) < 4.78 is 24.3. The van der Waals surface area contributed by atoms with Gasteiger partial charge in [-0.2, -0.15) is 5.26 Å². The summed E-state index contributed by atoms with van der Waals surface area (Å²) in [6, 6.07) is 11.9. The van der Waals surface area contributed by atoms with Crippen LogP contribution in [-0.2, 0) is 30.3 Å². The lowest BCUT2D eigenvalue weighted by atomic mass is 9.89. The lowest BCUT2D eigenvalue weighted by Gasteiger charge is -2.35. The summed E-state index contributed by atoms with van der Waals surface area (Å²) in [6.45, 7) is 1.67. The molecule has 1 aromatic rings. The molecule has 4 rings (SSSR count). The second kappa shape index (κ2) is 8.04. The molecule has 0 aromatic heterocycles. The van der Waals surface area contributed by atoms with Crippen LogP contribution in [0.15, 0.2) is 42.0 Å². The maximum Gasteiger partial charge on any atom is 0.303 e. The van der Waals surface area contributed by atoms with E-state index in [4.69, 9.17) is 18.9 Å². The Morgan fingerprint density at radius 1 is 1.21 bits per heavy atom. The van der Waals surface area contributed by atoms with Crippen molar-refractivity contribution < 1.29 is 23.7 Å². The Morgan fingerprint density at radius 2 is 1.96 bits per heavy atom. The molecule has 1 aliphatic heterocycles. The van der Waals surface area contributed by atoms with E-state index in [1.54, 1.807) is 6.08 Å². The zero-order valence-electron chi connectivity index (χ0n) is 16.0. The number of fused-ring (bicyclic) bond motifs is 1. The largest absolute Gasteiger partial charge is 0.456 e. The second-order valence-corrected chi connectivity index (χ2v) is 7.66. The molecule has 1 heterocycles. The van der Waals surface area contributed by atoms with Crippen molar-refractivity contribution in [2.75, 3.05) is 0 Å². The number of ether oxygens (including phenoxy) is 4. The topological polar surface area (TPSA) is 77.8 Å². The van der Waals surface area contributed by atoms with Gasteiger partial charge in [-0.15, -0.1) is 0 Å². The molecule has 0 N–H and O–H groups in total. The van der Waals surface area contributed by atoms with Gasteiger partial charge >= 0.3 is 5.97 Å². The maximum absolute atomic E-state index is 11.8. The van der Waals surface area contributed by atoms with Crippen molar-refractivity contribution in [3.8, 4) is 6.07 Å². The second-order valence-electron chi connectivity index (χ2n) is 7.66. The summed E-state index contributed by atoms with van der Waals surface area (Å²) in [4.78, 5) is 11.8. The minimum absolute atomic E-state index is 0.311. The molecule has 0 amide bonds. The lowest BCUT2D eigenvalue weighted by Crippen LogP contribution is -2.50. The number of nitriles is 1. The van der Waals surface area contributed by atoms with Gasteiger partial charge in [0.2, 0.25) is 0 Å². The van der Waals surface area contributed by atoms with Crippen LogP contribution in [0.1, 0.15) is 44.6 Å². The Hall–Kier alpha value is -2.20. The van der Waals surface area contributed by atoms with Gasteiger partial charge in [0.25, 0.3) is 0 Å². The minimum Gasteiger partial charge on any atom is -0.456 e. The van der Waals surface area contributed by atoms with Crippen molar-refractivity contribution in [2.24, 2.45) is 0 Å². The highest BCUT2D eigenvalue weighted by Crippen LogP contribution is 2.45. The van der Waals surface area contributed by atoms with E-state index in [1.165, 1.54) is 13.3 Å². The van der Waals surface area contributed by atoms with Crippen LogP contribution in [-0.4, -0.2) is 36.2 Å². The summed E-state index contributed by atoms with van der Waals surface area (Å²) in [6.07, 6.45) is 4.39. The van der Waals surface area contributed by atoms with E-state index in [0.29, 0.717) is 12.2 Å². The van der Waals surface area contributed by atoms with Gasteiger partial charge in [0.15, 0.2) is 11.9 Å². The summed E-state index contributed by atoms with van der Waals surface area (Å²) >= 11 is 0. The highest BCUT2D eigenvalue weighted by atomic mass is 16.8. The van der Waals surface area contributed by atoms with Crippen molar-refractivity contribution in [2.45, 2.75) is 75.8 Å². The molecular weight excluding hydrogens is 358 g/mol. The van der Waals surface area contributed by atoms with E-state index >= 15 is 0 Å². The first-order valence-corrected chi connectivity index (χ1v) is 9.90. The third kappa shape index (κ3) is 3.83. The van der Waals surface area contributed by atoms with Gasteiger partial charge in [0, 0.05) is 19.8 Å². The summed E-state index contributed by atoms with van der Waals surface area (Å²) in [5.41, 5.74) is 1.40. The Balaban J connectivity index is 1.59. The smallest absolute Gasteiger partial charge is 0.303 e. The van der Waals surface area contributed by atoms with E-state index in [2.05, 4.69) is 6.07 Å². The molecule has 1 aromatic carbocycles. The average Bonchev–Trinajstić information content (AvgIpc) is 3.05. The van der Waals surface area contributed by atoms with Crippen molar-refractivity contribution in [3.63, 3.8) is 0 Å². The molecule has 0 bridgehead atoms. The normalized spacial score (nSPS) is 30.9. The number of nitrogens with zero attached hydrogens (tertiary/aromatic N) is 1. The monoisotopic (exact) mass is 383 g/mol. The zero-order valence-corrected chi connectivity index (χ0v) is 16.0. The number of hydrogen-bond donors (Lipinski definition) is 0. The molecule has 148 valence electrons. The SMILES string of the molecule is CC(=O)O[C@H]1[C@@H]2OC3(CCCCC3)O[C@@H]2C=C(C#N)[C@H]1OCc1ccccc1. The fraction of sp³-hybridized carbons (Fsp3) is 0.545. The van der Waals surface area contributed by atoms with Crippen LogP contribution >= 0.6 is 0 Å². The fourth-order valence-corrected chi connectivity index (χ4v) is 4.35. The van der Waals surface area contributed by atoms with E-state index in [-0.39, 0.29) is 0 Å². The number of carbonyl (C=O) groups is 1. The van der Waals surface area contributed by atoms with Crippen LogP contribution in [0.4, 0.5) is 0 Å². The van der Waals surface area contributed by atoms with Crippen LogP contribution < -0.4 is 0 Å². The van der Waals surface area contributed by atoms with E-state index in [9.17, 15) is 10.1 Å². The Labute approximate surface area is 165 Å². The Morgan fingerprint density at radius 3 is 2.64 bits per heavy atom. The number of rotatable bonds is 4. The molecule has 6 heteroatoms. The number of carbonyl (C=O) groups excluding carboxylic acids is 1. The quantitative estimate of drug-likeness (QED) is 0.742. The number of benzene rings is 1. The molecule has 1 saturated carbocycles. The van der Waals surface area contributed by atoms with Gasteiger partial charge in [0.05, 0.1) is 18.2 Å². The lowest BCUT2D eigenvalue weighted by molar-refractivity contribution is -0.207. The van der Waals surface area contributed by atoms with Gasteiger partial charge in [-0.25, -0.2) is 0 Å². The van der Waals surface area contributed by atoms with Crippen LogP contribution in [0.3, 0.4) is 0 Å². The number of esters is 1. The molecule has 6 nitrogen and oxygen atoms in total. The first-order chi connectivity index (χ1) is 13.6. The van der Waals surface area contributed by atoms with Gasteiger partial charge in [-0.1, -0.05) is 36.8 Å². The van der Waals surface area contributed by atoms with Crippen molar-refractivity contribution >= 4 is 5.97 Å². The van der Waals surface area contributed by atoms with Gasteiger partial charge in [-0.05, 0) is 24.5 Å². The molecular formula is C22H25NO5. The van der Waals surface area contributed by atoms with Crippen molar-refractivity contribution in [1.29, 1.82) is 5.26 Å². The van der Waals surface area contributed by atoms with Gasteiger partial charge < -0.3 is 18.9 Å². The molecule has 4 atom stereocenters. The van der Waals surface area contributed by atoms with E-state index in [0.717, 1.165) is 31.2 Å². The van der Waals surface area contributed by atoms with Gasteiger partial charge in [-0.3, -0.25) is 4.79 Å². The van der Waals surface area contributed by atoms with Crippen LogP contribution in [0.5, 0.6) is 0 Å². The Bertz CT molecular complexity index is 778. The summed E-state index contributed by atoms with van der Waals surface area (Å²) in [5.74, 6) is -1.07. The average molecular weight is 383 g/mol. The summed E-state index contributed by atoms with van der Waals surface area (Å²) in [5, 5.41) is 9.70. The highest BCUT2D eigenvalue weighted by molar-refractivity contribution is 5.66. The Kier molecular flexibility index (Phi) is 5.49. The predicted molar refractivity (Wildman–Crippen MR) is 99.8 cm³/mol. The standard InChI is InChI=1S/C22H25NO5/c1-15(24)26-21-19(25-14-16-8-4-2-5-9-16)17(13-23)12-18-20(21)28-22(27-18)10-6-3-7-11-22/h2,4-5,8-9,12,18-21H,3,6-7,10-11,14H2,1H3/t18-,19-,20-,21-/m1/s1. The third-order valence-electron chi connectivity index (χ3n) is 5.62. The van der Waals surface area contributed by atoms with E-state index in [1.807, 2.05) is 30.3 Å². The molecule has 2 fully saturated rings. The fourth-order valence-electron chi connectivity index (χ4n) is 4.35. The minimum atomic E-state index is -0.716. The highest BCUT2D eigenvalue weighted by Gasteiger charge is 2.55. The molecule has 2 aliphatic carbocycles. The van der Waals surface area contributed by atoms with Crippen LogP contribution in [0.2, 0.25) is 0 Å². The molecule has 3 aliphatic rings. The first-order valence-electron chi connectivity index (χ1n) is 9.90.